The molecule has 0 aliphatic carbocycles. The molecule has 136 valence electrons. The lowest BCUT2D eigenvalue weighted by molar-refractivity contribution is 0.211. The first kappa shape index (κ1) is 19.4. The fraction of sp³-hybridized carbons (Fsp3) is 0.222. The number of rotatable bonds is 6. The Hall–Kier alpha value is -1.40. The van der Waals surface area contributed by atoms with Crippen LogP contribution < -0.4 is 4.74 Å². The third kappa shape index (κ3) is 4.46. The first-order valence-corrected chi connectivity index (χ1v) is 9.95. The molecule has 0 aliphatic heterocycles. The van der Waals surface area contributed by atoms with E-state index in [1.807, 2.05) is 48.9 Å². The normalized spacial score (nSPS) is 12.2. The molecular formula is C18H16Cl3N3OS. The van der Waals surface area contributed by atoms with Gasteiger partial charge in [0.15, 0.2) is 17.1 Å². The number of halogens is 3. The van der Waals surface area contributed by atoms with Gasteiger partial charge in [-0.25, -0.2) is 0 Å². The first-order chi connectivity index (χ1) is 12.5. The van der Waals surface area contributed by atoms with E-state index in [2.05, 4.69) is 10.2 Å². The predicted octanol–water partition coefficient (Wildman–Crippen LogP) is 6.21. The van der Waals surface area contributed by atoms with Gasteiger partial charge in [0.05, 0.1) is 5.02 Å². The molecule has 1 aromatic heterocycles. The third-order valence-electron chi connectivity index (χ3n) is 3.74. The lowest BCUT2D eigenvalue weighted by atomic mass is 10.2. The van der Waals surface area contributed by atoms with E-state index >= 15 is 0 Å². The fourth-order valence-corrected chi connectivity index (χ4v) is 4.03. The minimum absolute atomic E-state index is 0.291. The van der Waals surface area contributed by atoms with Gasteiger partial charge in [-0.15, -0.1) is 10.2 Å². The van der Waals surface area contributed by atoms with Gasteiger partial charge in [0, 0.05) is 22.8 Å². The molecule has 2 aromatic carbocycles. The number of thioether (sulfide) groups is 1. The monoisotopic (exact) mass is 427 g/mol. The summed E-state index contributed by atoms with van der Waals surface area (Å²) in [6, 6.07) is 12.8. The van der Waals surface area contributed by atoms with E-state index in [1.54, 1.807) is 23.9 Å². The van der Waals surface area contributed by atoms with Gasteiger partial charge >= 0.3 is 0 Å². The molecule has 0 bridgehead atoms. The van der Waals surface area contributed by atoms with Gasteiger partial charge in [0.2, 0.25) is 0 Å². The van der Waals surface area contributed by atoms with Gasteiger partial charge in [-0.2, -0.15) is 0 Å². The van der Waals surface area contributed by atoms with Gasteiger partial charge in [-0.3, -0.25) is 0 Å². The van der Waals surface area contributed by atoms with Crippen LogP contribution in [0, 0.1) is 0 Å². The molecule has 0 N–H and O–H groups in total. The number of ether oxygens (including phenoxy) is 1. The van der Waals surface area contributed by atoms with Crippen molar-refractivity contribution in [3.8, 4) is 5.75 Å². The highest BCUT2D eigenvalue weighted by Crippen LogP contribution is 2.31. The minimum Gasteiger partial charge on any atom is -0.481 e. The van der Waals surface area contributed by atoms with Crippen molar-refractivity contribution in [2.45, 2.75) is 23.9 Å². The molecule has 1 atom stereocenters. The summed E-state index contributed by atoms with van der Waals surface area (Å²) in [5, 5.41) is 11.1. The van der Waals surface area contributed by atoms with Gasteiger partial charge in [-0.05, 0) is 36.8 Å². The van der Waals surface area contributed by atoms with Crippen LogP contribution in [0.25, 0.3) is 0 Å². The van der Waals surface area contributed by atoms with Crippen molar-refractivity contribution in [1.82, 2.24) is 14.8 Å². The molecule has 0 spiro atoms. The summed E-state index contributed by atoms with van der Waals surface area (Å²) in [5.74, 6) is 2.00. The standard InChI is InChI=1S/C18H16Cl3N3OS/c1-11(25-16-6-4-3-5-14(16)20)17-22-23-18(24(17)2)26-10-12-7-8-13(19)9-15(12)21/h3-9,11H,10H2,1-2H3. The number of benzene rings is 2. The Morgan fingerprint density at radius 3 is 2.58 bits per heavy atom. The van der Waals surface area contributed by atoms with E-state index in [4.69, 9.17) is 39.5 Å². The highest BCUT2D eigenvalue weighted by atomic mass is 35.5. The first-order valence-electron chi connectivity index (χ1n) is 7.83. The highest BCUT2D eigenvalue weighted by Gasteiger charge is 2.18. The van der Waals surface area contributed by atoms with E-state index in [-0.39, 0.29) is 6.10 Å². The lowest BCUT2D eigenvalue weighted by Gasteiger charge is -2.15. The van der Waals surface area contributed by atoms with Crippen molar-refractivity contribution in [2.75, 3.05) is 0 Å². The minimum atomic E-state index is -0.291. The molecule has 3 aromatic rings. The van der Waals surface area contributed by atoms with E-state index in [1.165, 1.54) is 0 Å². The van der Waals surface area contributed by atoms with Crippen molar-refractivity contribution in [2.24, 2.45) is 7.05 Å². The van der Waals surface area contributed by atoms with Crippen LogP contribution in [0.4, 0.5) is 0 Å². The zero-order valence-corrected chi connectivity index (χ0v) is 17.2. The lowest BCUT2D eigenvalue weighted by Crippen LogP contribution is -2.10. The SMILES string of the molecule is CC(Oc1ccccc1Cl)c1nnc(SCc2ccc(Cl)cc2Cl)n1C. The van der Waals surface area contributed by atoms with Crippen LogP contribution in [0.1, 0.15) is 24.4 Å². The van der Waals surface area contributed by atoms with Crippen molar-refractivity contribution in [1.29, 1.82) is 0 Å². The Bertz CT molecular complexity index is 916. The van der Waals surface area contributed by atoms with Gasteiger partial charge < -0.3 is 9.30 Å². The van der Waals surface area contributed by atoms with Crippen molar-refractivity contribution in [3.05, 3.63) is 68.9 Å². The van der Waals surface area contributed by atoms with Crippen LogP contribution >= 0.6 is 46.6 Å². The van der Waals surface area contributed by atoms with Crippen LogP contribution in [0.5, 0.6) is 5.75 Å². The molecule has 0 radical (unpaired) electrons. The zero-order valence-electron chi connectivity index (χ0n) is 14.1. The molecule has 0 saturated carbocycles. The Labute approximate surface area is 171 Å². The fourth-order valence-electron chi connectivity index (χ4n) is 2.37. The molecular weight excluding hydrogens is 413 g/mol. The van der Waals surface area contributed by atoms with E-state index < -0.39 is 0 Å². The molecule has 8 heteroatoms. The molecule has 0 aliphatic rings. The third-order valence-corrected chi connectivity index (χ3v) is 5.71. The van der Waals surface area contributed by atoms with Gasteiger partial charge in [0.25, 0.3) is 0 Å². The maximum absolute atomic E-state index is 6.22. The number of para-hydroxylation sites is 1. The maximum atomic E-state index is 6.22. The quantitative estimate of drug-likeness (QED) is 0.438. The molecule has 0 amide bonds. The molecule has 3 rings (SSSR count). The second-order valence-electron chi connectivity index (χ2n) is 5.61. The highest BCUT2D eigenvalue weighted by molar-refractivity contribution is 7.98. The summed E-state index contributed by atoms with van der Waals surface area (Å²) in [6.45, 7) is 1.91. The molecule has 4 nitrogen and oxygen atoms in total. The second kappa shape index (κ2) is 8.53. The Kier molecular flexibility index (Phi) is 6.35. The van der Waals surface area contributed by atoms with Crippen LogP contribution in [-0.2, 0) is 12.8 Å². The van der Waals surface area contributed by atoms with Crippen LogP contribution in [0.3, 0.4) is 0 Å². The molecule has 26 heavy (non-hydrogen) atoms. The Balaban J connectivity index is 1.70. The average molecular weight is 429 g/mol. The zero-order chi connectivity index (χ0) is 18.7. The smallest absolute Gasteiger partial charge is 0.191 e. The Morgan fingerprint density at radius 1 is 1.08 bits per heavy atom. The Morgan fingerprint density at radius 2 is 1.85 bits per heavy atom. The van der Waals surface area contributed by atoms with Crippen molar-refractivity contribution >= 4 is 46.6 Å². The van der Waals surface area contributed by atoms with Gasteiger partial charge in [0.1, 0.15) is 5.75 Å². The van der Waals surface area contributed by atoms with Crippen molar-refractivity contribution < 1.29 is 4.74 Å². The van der Waals surface area contributed by atoms with Gasteiger partial charge in [-0.1, -0.05) is 64.8 Å². The maximum Gasteiger partial charge on any atom is 0.191 e. The number of nitrogens with zero attached hydrogens (tertiary/aromatic N) is 3. The van der Waals surface area contributed by atoms with E-state index in [9.17, 15) is 0 Å². The summed E-state index contributed by atoms with van der Waals surface area (Å²) in [6.07, 6.45) is -0.291. The summed E-state index contributed by atoms with van der Waals surface area (Å²) >= 11 is 19.9. The van der Waals surface area contributed by atoms with E-state index in [0.29, 0.717) is 26.6 Å². The average Bonchev–Trinajstić information content (AvgIpc) is 2.97. The van der Waals surface area contributed by atoms with E-state index in [0.717, 1.165) is 16.5 Å². The van der Waals surface area contributed by atoms with Crippen molar-refractivity contribution in [3.63, 3.8) is 0 Å². The second-order valence-corrected chi connectivity index (χ2v) is 7.81. The van der Waals surface area contributed by atoms with Crippen LogP contribution in [0.2, 0.25) is 15.1 Å². The number of aromatic nitrogens is 3. The summed E-state index contributed by atoms with van der Waals surface area (Å²) in [4.78, 5) is 0. The summed E-state index contributed by atoms with van der Waals surface area (Å²) in [7, 11) is 1.91. The molecule has 0 saturated heterocycles. The summed E-state index contributed by atoms with van der Waals surface area (Å²) in [5.41, 5.74) is 0.992. The number of hydrogen-bond acceptors (Lipinski definition) is 4. The van der Waals surface area contributed by atoms with Crippen LogP contribution in [-0.4, -0.2) is 14.8 Å². The predicted molar refractivity (Wildman–Crippen MR) is 108 cm³/mol. The molecule has 0 fully saturated rings. The summed E-state index contributed by atoms with van der Waals surface area (Å²) < 4.78 is 7.83. The largest absolute Gasteiger partial charge is 0.481 e. The van der Waals surface area contributed by atoms with Crippen LogP contribution in [0.15, 0.2) is 47.6 Å². The molecule has 1 unspecified atom stereocenters. The molecule has 1 heterocycles. The topological polar surface area (TPSA) is 39.9 Å². The number of hydrogen-bond donors (Lipinski definition) is 0.